The summed E-state index contributed by atoms with van der Waals surface area (Å²) in [5.74, 6) is 1.39. The highest BCUT2D eigenvalue weighted by atomic mass is 127. The molecule has 0 aromatic carbocycles. The molecule has 2 aliphatic rings. The summed E-state index contributed by atoms with van der Waals surface area (Å²) in [7, 11) is 3.51. The SMILES string of the molecule is CCNC(=NCCC(=O)N(C)C)NC1CCN(C(=O)C2CCCC2)C1.I. The summed E-state index contributed by atoms with van der Waals surface area (Å²) in [6, 6.07) is 0.229. The zero-order chi connectivity index (χ0) is 18.2. The maximum absolute atomic E-state index is 12.5. The van der Waals surface area contributed by atoms with E-state index >= 15 is 0 Å². The summed E-state index contributed by atoms with van der Waals surface area (Å²) in [5, 5.41) is 6.64. The highest BCUT2D eigenvalue weighted by molar-refractivity contribution is 14.0. The van der Waals surface area contributed by atoms with Crippen LogP contribution in [0.25, 0.3) is 0 Å². The molecule has 1 aliphatic heterocycles. The molecule has 7 nitrogen and oxygen atoms in total. The number of nitrogens with one attached hydrogen (secondary N) is 2. The van der Waals surface area contributed by atoms with Gasteiger partial charge in [-0.1, -0.05) is 12.8 Å². The molecule has 0 aromatic rings. The Morgan fingerprint density at radius 3 is 2.50 bits per heavy atom. The largest absolute Gasteiger partial charge is 0.357 e. The van der Waals surface area contributed by atoms with Gasteiger partial charge in [0.2, 0.25) is 11.8 Å². The number of rotatable bonds is 6. The molecule has 8 heteroatoms. The molecule has 1 saturated carbocycles. The van der Waals surface area contributed by atoms with Crippen LogP contribution in [0.3, 0.4) is 0 Å². The van der Waals surface area contributed by atoms with Crippen LogP contribution in [0, 0.1) is 5.92 Å². The van der Waals surface area contributed by atoms with Crippen molar-refractivity contribution in [1.82, 2.24) is 20.4 Å². The summed E-state index contributed by atoms with van der Waals surface area (Å²) < 4.78 is 0. The van der Waals surface area contributed by atoms with Gasteiger partial charge in [-0.05, 0) is 26.2 Å². The smallest absolute Gasteiger partial charge is 0.225 e. The van der Waals surface area contributed by atoms with Crippen molar-refractivity contribution in [2.24, 2.45) is 10.9 Å². The van der Waals surface area contributed by atoms with Crippen LogP contribution in [0.4, 0.5) is 0 Å². The second-order valence-electron chi connectivity index (χ2n) is 7.19. The lowest BCUT2D eigenvalue weighted by molar-refractivity contribution is -0.134. The first kappa shape index (κ1) is 23.0. The third kappa shape index (κ3) is 6.92. The van der Waals surface area contributed by atoms with Crippen molar-refractivity contribution in [3.05, 3.63) is 0 Å². The second kappa shape index (κ2) is 11.6. The van der Waals surface area contributed by atoms with Crippen LogP contribution in [0.2, 0.25) is 0 Å². The third-order valence-corrected chi connectivity index (χ3v) is 4.98. The standard InChI is InChI=1S/C18H33N5O2.HI/c1-4-19-18(20-11-9-16(24)22(2)3)21-15-10-12-23(13-15)17(25)14-7-5-6-8-14;/h14-15H,4-13H2,1-3H3,(H2,19,20,21);1H. The third-order valence-electron chi connectivity index (χ3n) is 4.98. The monoisotopic (exact) mass is 479 g/mol. The van der Waals surface area contributed by atoms with Crippen LogP contribution in [0.5, 0.6) is 0 Å². The average molecular weight is 479 g/mol. The average Bonchev–Trinajstić information content (AvgIpc) is 3.26. The number of carbonyl (C=O) groups is 2. The molecular formula is C18H34IN5O2. The fraction of sp³-hybridized carbons (Fsp3) is 0.833. The minimum Gasteiger partial charge on any atom is -0.357 e. The predicted octanol–water partition coefficient (Wildman–Crippen LogP) is 1.43. The first-order chi connectivity index (χ1) is 12.0. The molecule has 150 valence electrons. The molecule has 2 N–H and O–H groups in total. The van der Waals surface area contributed by atoms with Crippen molar-refractivity contribution < 1.29 is 9.59 Å². The fourth-order valence-corrected chi connectivity index (χ4v) is 3.51. The van der Waals surface area contributed by atoms with Gasteiger partial charge in [0, 0.05) is 52.1 Å². The van der Waals surface area contributed by atoms with Crippen molar-refractivity contribution in [1.29, 1.82) is 0 Å². The summed E-state index contributed by atoms with van der Waals surface area (Å²) >= 11 is 0. The molecular weight excluding hydrogens is 445 g/mol. The fourth-order valence-electron chi connectivity index (χ4n) is 3.51. The maximum atomic E-state index is 12.5. The lowest BCUT2D eigenvalue weighted by Gasteiger charge is -2.21. The number of halogens is 1. The first-order valence-electron chi connectivity index (χ1n) is 9.55. The topological polar surface area (TPSA) is 77.0 Å². The quantitative estimate of drug-likeness (QED) is 0.344. The van der Waals surface area contributed by atoms with Crippen LogP contribution in [0.15, 0.2) is 4.99 Å². The van der Waals surface area contributed by atoms with Crippen LogP contribution >= 0.6 is 24.0 Å². The van der Waals surface area contributed by atoms with Gasteiger partial charge >= 0.3 is 0 Å². The number of guanidine groups is 1. The highest BCUT2D eigenvalue weighted by Crippen LogP contribution is 2.27. The van der Waals surface area contributed by atoms with Crippen molar-refractivity contribution in [3.63, 3.8) is 0 Å². The van der Waals surface area contributed by atoms with Gasteiger partial charge in [0.1, 0.15) is 0 Å². The van der Waals surface area contributed by atoms with Crippen molar-refractivity contribution in [3.8, 4) is 0 Å². The van der Waals surface area contributed by atoms with Crippen LogP contribution in [0.1, 0.15) is 45.4 Å². The normalized spacial score (nSPS) is 20.7. The van der Waals surface area contributed by atoms with E-state index in [2.05, 4.69) is 15.6 Å². The molecule has 2 rings (SSSR count). The van der Waals surface area contributed by atoms with Crippen molar-refractivity contribution in [2.45, 2.75) is 51.5 Å². The Morgan fingerprint density at radius 2 is 1.88 bits per heavy atom. The highest BCUT2D eigenvalue weighted by Gasteiger charge is 2.32. The van der Waals surface area contributed by atoms with Gasteiger partial charge in [-0.2, -0.15) is 0 Å². The van der Waals surface area contributed by atoms with Crippen molar-refractivity contribution in [2.75, 3.05) is 40.3 Å². The van der Waals surface area contributed by atoms with Crippen molar-refractivity contribution >= 4 is 41.8 Å². The Morgan fingerprint density at radius 1 is 1.19 bits per heavy atom. The van der Waals surface area contributed by atoms with E-state index in [4.69, 9.17) is 0 Å². The van der Waals surface area contributed by atoms with E-state index in [1.165, 1.54) is 12.8 Å². The lowest BCUT2D eigenvalue weighted by atomic mass is 10.1. The summed E-state index contributed by atoms with van der Waals surface area (Å²) in [4.78, 5) is 32.2. The van der Waals surface area contributed by atoms with E-state index in [0.29, 0.717) is 18.9 Å². The molecule has 2 amide bonds. The molecule has 1 aliphatic carbocycles. The first-order valence-corrected chi connectivity index (χ1v) is 9.55. The minimum absolute atomic E-state index is 0. The number of nitrogens with zero attached hydrogens (tertiary/aromatic N) is 3. The van der Waals surface area contributed by atoms with E-state index in [-0.39, 0.29) is 41.8 Å². The number of amides is 2. The van der Waals surface area contributed by atoms with E-state index in [9.17, 15) is 9.59 Å². The molecule has 26 heavy (non-hydrogen) atoms. The Hall–Kier alpha value is -1.06. The summed E-state index contributed by atoms with van der Waals surface area (Å²) in [6.07, 6.45) is 5.83. The Kier molecular flexibility index (Phi) is 10.3. The number of likely N-dealkylation sites (tertiary alicyclic amines) is 1. The molecule has 0 bridgehead atoms. The number of hydrogen-bond acceptors (Lipinski definition) is 3. The Balaban J connectivity index is 0.00000338. The van der Waals surface area contributed by atoms with Gasteiger partial charge in [0.25, 0.3) is 0 Å². The van der Waals surface area contributed by atoms with Gasteiger partial charge in [0.15, 0.2) is 5.96 Å². The number of carbonyl (C=O) groups excluding carboxylic acids is 2. The van der Waals surface area contributed by atoms with Gasteiger partial charge in [0.05, 0.1) is 6.54 Å². The summed E-state index contributed by atoms with van der Waals surface area (Å²) in [6.45, 7) is 4.82. The van der Waals surface area contributed by atoms with Gasteiger partial charge in [-0.25, -0.2) is 0 Å². The molecule has 1 heterocycles. The number of aliphatic imine (C=N–C) groups is 1. The van der Waals surface area contributed by atoms with E-state index in [1.807, 2.05) is 11.8 Å². The molecule has 1 atom stereocenters. The van der Waals surface area contributed by atoms with E-state index in [0.717, 1.165) is 44.9 Å². The van der Waals surface area contributed by atoms with Gasteiger partial charge in [-0.3, -0.25) is 14.6 Å². The van der Waals surface area contributed by atoms with E-state index < -0.39 is 0 Å². The minimum atomic E-state index is 0. The van der Waals surface area contributed by atoms with Crippen LogP contribution < -0.4 is 10.6 Å². The van der Waals surface area contributed by atoms with Crippen LogP contribution in [-0.2, 0) is 9.59 Å². The zero-order valence-electron chi connectivity index (χ0n) is 16.3. The molecule has 0 radical (unpaired) electrons. The number of hydrogen-bond donors (Lipinski definition) is 2. The molecule has 0 spiro atoms. The lowest BCUT2D eigenvalue weighted by Crippen LogP contribution is -2.45. The van der Waals surface area contributed by atoms with Gasteiger partial charge < -0.3 is 20.4 Å². The Bertz CT molecular complexity index is 492. The van der Waals surface area contributed by atoms with E-state index in [1.54, 1.807) is 19.0 Å². The molecule has 0 aromatic heterocycles. The van der Waals surface area contributed by atoms with Gasteiger partial charge in [-0.15, -0.1) is 24.0 Å². The molecule has 2 fully saturated rings. The second-order valence-corrected chi connectivity index (χ2v) is 7.19. The molecule has 1 saturated heterocycles. The maximum Gasteiger partial charge on any atom is 0.225 e. The zero-order valence-corrected chi connectivity index (χ0v) is 18.6. The summed E-state index contributed by atoms with van der Waals surface area (Å²) in [5.41, 5.74) is 0. The predicted molar refractivity (Wildman–Crippen MR) is 115 cm³/mol. The molecule has 1 unspecified atom stereocenters. The Labute approximate surface area is 174 Å². The van der Waals surface area contributed by atoms with Crippen LogP contribution in [-0.4, -0.2) is 73.9 Å².